The minimum Gasteiger partial charge on any atom is -0.465 e. The molecule has 0 fully saturated rings. The molecule has 12 heteroatoms. The molecular formula is C24H30N10O2. The van der Waals surface area contributed by atoms with Gasteiger partial charge in [-0.2, -0.15) is 5.26 Å². The molecule has 0 unspecified atom stereocenters. The Bertz CT molecular complexity index is 1230. The molecule has 0 atom stereocenters. The van der Waals surface area contributed by atoms with Gasteiger partial charge in [0.15, 0.2) is 11.5 Å². The van der Waals surface area contributed by atoms with E-state index in [1.807, 2.05) is 6.07 Å². The average Bonchev–Trinajstić information content (AvgIpc) is 3.20. The van der Waals surface area contributed by atoms with Crippen molar-refractivity contribution in [2.24, 2.45) is 10.2 Å². The summed E-state index contributed by atoms with van der Waals surface area (Å²) in [4.78, 5) is 27.7. The molecule has 0 spiro atoms. The van der Waals surface area contributed by atoms with Crippen molar-refractivity contribution >= 4 is 40.7 Å². The summed E-state index contributed by atoms with van der Waals surface area (Å²) >= 11 is 0. The Morgan fingerprint density at radius 3 is 2.31 bits per heavy atom. The first-order valence-electron chi connectivity index (χ1n) is 11.8. The number of nitrogens with zero attached hydrogens (tertiary/aromatic N) is 8. The lowest BCUT2D eigenvalue weighted by molar-refractivity contribution is -0.143. The number of hydrogen-bond donors (Lipinski definition) is 2. The van der Waals surface area contributed by atoms with Crippen LogP contribution in [0, 0.1) is 31.4 Å². The van der Waals surface area contributed by atoms with E-state index in [1.54, 1.807) is 13.8 Å². The number of hydrogen-bond acceptors (Lipinski definition) is 9. The molecule has 0 bridgehead atoms. The average molecular weight is 491 g/mol. The van der Waals surface area contributed by atoms with Crippen LogP contribution in [0.15, 0.2) is 10.2 Å². The van der Waals surface area contributed by atoms with Crippen LogP contribution in [0.5, 0.6) is 0 Å². The summed E-state index contributed by atoms with van der Waals surface area (Å²) in [5.74, 6) is 0.0328. The number of nitriles is 1. The highest BCUT2D eigenvalue weighted by atomic mass is 16.5. The summed E-state index contributed by atoms with van der Waals surface area (Å²) in [6.07, 6.45) is 3.82. The molecule has 0 saturated carbocycles. The van der Waals surface area contributed by atoms with Gasteiger partial charge >= 0.3 is 17.7 Å². The maximum absolute atomic E-state index is 12.1. The van der Waals surface area contributed by atoms with E-state index in [4.69, 9.17) is 17.9 Å². The van der Waals surface area contributed by atoms with Crippen LogP contribution in [-0.4, -0.2) is 40.2 Å². The molecule has 2 N–H and O–H groups in total. The topological polar surface area (TPSA) is 138 Å². The standard InChI is InChI=1S/C24H30N10O2/c1-7-10-12-28-22-19(26-5)16(4)20(23(30-22)29-13-11-8-2)32-33-24-31-21(27-6)17(14-25)34(24)15-18(35)36-9-3/h7-13,15H2,1-4H3,(H2,28,29,30). The molecule has 0 saturated heterocycles. The third-order valence-corrected chi connectivity index (χ3v) is 5.11. The van der Waals surface area contributed by atoms with Crippen molar-refractivity contribution in [3.8, 4) is 6.07 Å². The molecule has 0 amide bonds. The molecule has 0 aromatic carbocycles. The Balaban J connectivity index is 2.60. The van der Waals surface area contributed by atoms with Crippen molar-refractivity contribution in [2.45, 2.75) is 59.9 Å². The van der Waals surface area contributed by atoms with Crippen molar-refractivity contribution in [1.29, 1.82) is 5.26 Å². The highest BCUT2D eigenvalue weighted by Gasteiger charge is 2.23. The summed E-state index contributed by atoms with van der Waals surface area (Å²) in [5, 5.41) is 24.5. The minimum atomic E-state index is -0.600. The van der Waals surface area contributed by atoms with E-state index >= 15 is 0 Å². The number of carbonyl (C=O) groups is 1. The second kappa shape index (κ2) is 14.0. The normalized spacial score (nSPS) is 10.5. The first-order valence-corrected chi connectivity index (χ1v) is 11.8. The van der Waals surface area contributed by atoms with Crippen LogP contribution in [0.2, 0.25) is 0 Å². The molecule has 2 aromatic heterocycles. The Labute approximate surface area is 211 Å². The van der Waals surface area contributed by atoms with E-state index in [0.29, 0.717) is 41.7 Å². The Morgan fingerprint density at radius 1 is 1.08 bits per heavy atom. The van der Waals surface area contributed by atoms with Crippen molar-refractivity contribution in [3.05, 3.63) is 34.1 Å². The third-order valence-electron chi connectivity index (χ3n) is 5.11. The van der Waals surface area contributed by atoms with Crippen molar-refractivity contribution in [3.63, 3.8) is 0 Å². The van der Waals surface area contributed by atoms with Gasteiger partial charge in [0.1, 0.15) is 24.1 Å². The maximum atomic E-state index is 12.1. The summed E-state index contributed by atoms with van der Waals surface area (Å²) in [6, 6.07) is 1.89. The van der Waals surface area contributed by atoms with E-state index in [0.717, 1.165) is 25.7 Å². The van der Waals surface area contributed by atoms with E-state index in [-0.39, 0.29) is 30.6 Å². The van der Waals surface area contributed by atoms with Gasteiger partial charge in [-0.1, -0.05) is 43.4 Å². The lowest BCUT2D eigenvalue weighted by atomic mass is 10.2. The quantitative estimate of drug-likeness (QED) is 0.153. The van der Waals surface area contributed by atoms with Gasteiger partial charge in [-0.15, -0.1) is 5.11 Å². The Hall–Kier alpha value is -4.50. The molecule has 0 aliphatic heterocycles. The number of rotatable bonds is 13. The van der Waals surface area contributed by atoms with Gasteiger partial charge in [0, 0.05) is 13.1 Å². The number of unbranched alkanes of at least 4 members (excludes halogenated alkanes) is 2. The minimum absolute atomic E-state index is 0.0981. The van der Waals surface area contributed by atoms with Crippen LogP contribution in [0.3, 0.4) is 0 Å². The van der Waals surface area contributed by atoms with Crippen LogP contribution in [-0.2, 0) is 16.1 Å². The number of carbonyl (C=O) groups excluding carboxylic acids is 1. The second-order valence-corrected chi connectivity index (χ2v) is 7.70. The van der Waals surface area contributed by atoms with E-state index in [1.165, 1.54) is 4.57 Å². The largest absolute Gasteiger partial charge is 0.465 e. The summed E-state index contributed by atoms with van der Waals surface area (Å²) in [7, 11) is 0. The van der Waals surface area contributed by atoms with E-state index in [2.05, 4.69) is 54.4 Å². The van der Waals surface area contributed by atoms with E-state index in [9.17, 15) is 10.1 Å². The number of anilines is 2. The zero-order valence-electron chi connectivity index (χ0n) is 21.1. The van der Waals surface area contributed by atoms with Gasteiger partial charge in [0.05, 0.1) is 13.2 Å². The van der Waals surface area contributed by atoms with Gasteiger partial charge < -0.3 is 20.2 Å². The number of nitrogens with one attached hydrogen (secondary N) is 2. The van der Waals surface area contributed by atoms with Gasteiger partial charge in [0.25, 0.3) is 0 Å². The van der Waals surface area contributed by atoms with Crippen LogP contribution in [0.4, 0.5) is 34.8 Å². The predicted octanol–water partition coefficient (Wildman–Crippen LogP) is 5.96. The monoisotopic (exact) mass is 490 g/mol. The molecule has 36 heavy (non-hydrogen) atoms. The molecule has 12 nitrogen and oxygen atoms in total. The van der Waals surface area contributed by atoms with Crippen LogP contribution >= 0.6 is 0 Å². The number of esters is 1. The maximum Gasteiger partial charge on any atom is 0.345 e. The number of aromatic nitrogens is 3. The lowest BCUT2D eigenvalue weighted by Gasteiger charge is -2.15. The Kier molecular flexibility index (Phi) is 10.8. The van der Waals surface area contributed by atoms with Gasteiger partial charge in [-0.3, -0.25) is 9.36 Å². The Morgan fingerprint density at radius 2 is 1.75 bits per heavy atom. The first kappa shape index (κ1) is 27.7. The fraction of sp³-hybridized carbons (Fsp3) is 0.500. The summed E-state index contributed by atoms with van der Waals surface area (Å²) in [5.41, 5.74) is 1.12. The van der Waals surface area contributed by atoms with E-state index < -0.39 is 5.97 Å². The molecule has 2 rings (SSSR count). The summed E-state index contributed by atoms with van der Waals surface area (Å²) in [6.45, 7) is 23.7. The van der Waals surface area contributed by atoms with Crippen molar-refractivity contribution < 1.29 is 9.53 Å². The van der Waals surface area contributed by atoms with Gasteiger partial charge in [-0.05, 0) is 32.3 Å². The van der Waals surface area contributed by atoms with Crippen LogP contribution in [0.1, 0.15) is 57.7 Å². The fourth-order valence-corrected chi connectivity index (χ4v) is 3.23. The molecule has 2 heterocycles. The SMILES string of the molecule is [C-]#[N+]c1nc(N=Nc2c(NCCCC)nc(NCCCC)c([N+]#[C-])c2C)n(CC(=O)OCC)c1C#N. The zero-order valence-corrected chi connectivity index (χ0v) is 21.1. The number of pyridine rings is 1. The molecule has 0 aliphatic carbocycles. The number of ether oxygens (including phenoxy) is 1. The van der Waals surface area contributed by atoms with Crippen molar-refractivity contribution in [1.82, 2.24) is 14.5 Å². The highest BCUT2D eigenvalue weighted by molar-refractivity contribution is 5.82. The molecule has 2 aromatic rings. The van der Waals surface area contributed by atoms with Gasteiger partial charge in [-0.25, -0.2) is 9.83 Å². The smallest absolute Gasteiger partial charge is 0.345 e. The molecular weight excluding hydrogens is 460 g/mol. The number of imidazole rings is 1. The molecule has 188 valence electrons. The third kappa shape index (κ3) is 6.77. The van der Waals surface area contributed by atoms with Crippen molar-refractivity contribution in [2.75, 3.05) is 30.3 Å². The lowest BCUT2D eigenvalue weighted by Crippen LogP contribution is -2.14. The fourth-order valence-electron chi connectivity index (χ4n) is 3.23. The number of azo groups is 1. The second-order valence-electron chi connectivity index (χ2n) is 7.70. The summed E-state index contributed by atoms with van der Waals surface area (Å²) < 4.78 is 6.17. The first-order chi connectivity index (χ1) is 17.4. The van der Waals surface area contributed by atoms with Crippen LogP contribution in [0.25, 0.3) is 9.69 Å². The predicted molar refractivity (Wildman–Crippen MR) is 136 cm³/mol. The van der Waals surface area contributed by atoms with Crippen LogP contribution < -0.4 is 10.6 Å². The molecule has 0 radical (unpaired) electrons. The highest BCUT2D eigenvalue weighted by Crippen LogP contribution is 2.40. The zero-order chi connectivity index (χ0) is 26.5. The van der Waals surface area contributed by atoms with Gasteiger partial charge in [0.2, 0.25) is 5.69 Å². The molecule has 0 aliphatic rings.